The molecule has 1 aromatic carbocycles. The Labute approximate surface area is 89.6 Å². The van der Waals surface area contributed by atoms with Gasteiger partial charge in [-0.2, -0.15) is 0 Å². The van der Waals surface area contributed by atoms with Crippen molar-refractivity contribution in [2.75, 3.05) is 11.9 Å². The largest absolute Gasteiger partial charge is 0.507 e. The summed E-state index contributed by atoms with van der Waals surface area (Å²) < 4.78 is 0. The molecule has 0 atom stereocenters. The van der Waals surface area contributed by atoms with Gasteiger partial charge in [-0.25, -0.2) is 0 Å². The van der Waals surface area contributed by atoms with Crippen LogP contribution in [0.1, 0.15) is 11.1 Å². The Bertz CT molecular complexity index is 387. The summed E-state index contributed by atoms with van der Waals surface area (Å²) in [4.78, 5) is 12.9. The molecule has 0 radical (unpaired) electrons. The number of rotatable bonds is 2. The molecule has 3 nitrogen and oxygen atoms in total. The second-order valence-corrected chi connectivity index (χ2v) is 3.53. The predicted octanol–water partition coefficient (Wildman–Crippen LogP) is 2.16. The zero-order valence-electron chi connectivity index (χ0n) is 9.24. The van der Waals surface area contributed by atoms with E-state index in [2.05, 4.69) is 6.58 Å². The second kappa shape index (κ2) is 4.17. The number of nitrogens with zero attached hydrogens (tertiary/aromatic N) is 1. The molecule has 0 aliphatic rings. The van der Waals surface area contributed by atoms with Gasteiger partial charge in [0.1, 0.15) is 5.75 Å². The average molecular weight is 205 g/mol. The van der Waals surface area contributed by atoms with Crippen LogP contribution in [0.5, 0.6) is 5.75 Å². The van der Waals surface area contributed by atoms with Crippen LogP contribution in [-0.4, -0.2) is 18.1 Å². The van der Waals surface area contributed by atoms with Gasteiger partial charge in [0.25, 0.3) is 0 Å². The lowest BCUT2D eigenvalue weighted by Crippen LogP contribution is -2.23. The number of likely N-dealkylation sites (N-methyl/N-ethyl adjacent to an activating group) is 1. The van der Waals surface area contributed by atoms with Gasteiger partial charge in [-0.15, -0.1) is 0 Å². The number of carbonyl (C=O) groups is 1. The van der Waals surface area contributed by atoms with Crippen molar-refractivity contribution in [3.05, 3.63) is 35.9 Å². The fourth-order valence-electron chi connectivity index (χ4n) is 1.39. The van der Waals surface area contributed by atoms with Crippen molar-refractivity contribution in [3.8, 4) is 5.75 Å². The van der Waals surface area contributed by atoms with Gasteiger partial charge in [0.15, 0.2) is 0 Å². The van der Waals surface area contributed by atoms with Crippen LogP contribution < -0.4 is 4.90 Å². The maximum absolute atomic E-state index is 11.4. The minimum absolute atomic E-state index is 0.167. The van der Waals surface area contributed by atoms with E-state index in [0.717, 1.165) is 16.8 Å². The van der Waals surface area contributed by atoms with Gasteiger partial charge >= 0.3 is 0 Å². The van der Waals surface area contributed by atoms with Crippen LogP contribution in [0.15, 0.2) is 24.8 Å². The van der Waals surface area contributed by atoms with E-state index < -0.39 is 0 Å². The molecule has 3 heteroatoms. The first-order chi connectivity index (χ1) is 6.97. The third-order valence-electron chi connectivity index (χ3n) is 2.37. The highest BCUT2D eigenvalue weighted by Gasteiger charge is 2.10. The fraction of sp³-hybridized carbons (Fsp3) is 0.250. The lowest BCUT2D eigenvalue weighted by Gasteiger charge is -2.17. The fourth-order valence-corrected chi connectivity index (χ4v) is 1.39. The summed E-state index contributed by atoms with van der Waals surface area (Å²) in [7, 11) is 1.68. The lowest BCUT2D eigenvalue weighted by atomic mass is 10.1. The van der Waals surface area contributed by atoms with E-state index in [1.807, 2.05) is 0 Å². The molecule has 0 aromatic heterocycles. The molecule has 0 bridgehead atoms. The molecule has 0 fully saturated rings. The topological polar surface area (TPSA) is 40.5 Å². The molecule has 0 heterocycles. The molecule has 15 heavy (non-hydrogen) atoms. The van der Waals surface area contributed by atoms with Crippen molar-refractivity contribution >= 4 is 11.6 Å². The number of aryl methyl sites for hydroxylation is 2. The van der Waals surface area contributed by atoms with Crippen molar-refractivity contribution in [1.82, 2.24) is 0 Å². The molecular formula is C12H15NO2. The zero-order chi connectivity index (χ0) is 11.6. The Morgan fingerprint density at radius 1 is 1.40 bits per heavy atom. The lowest BCUT2D eigenvalue weighted by molar-refractivity contribution is -0.113. The highest BCUT2D eigenvalue weighted by molar-refractivity contribution is 6.00. The molecule has 0 saturated carbocycles. The van der Waals surface area contributed by atoms with E-state index in [1.54, 1.807) is 33.0 Å². The quantitative estimate of drug-likeness (QED) is 0.751. The van der Waals surface area contributed by atoms with E-state index in [-0.39, 0.29) is 11.7 Å². The second-order valence-electron chi connectivity index (χ2n) is 3.53. The van der Waals surface area contributed by atoms with E-state index in [1.165, 1.54) is 11.0 Å². The third kappa shape index (κ3) is 2.18. The van der Waals surface area contributed by atoms with E-state index in [4.69, 9.17) is 0 Å². The molecule has 80 valence electrons. The van der Waals surface area contributed by atoms with Crippen LogP contribution in [0, 0.1) is 13.8 Å². The SMILES string of the molecule is C=CC(=O)N(C)c1cc(C)c(O)c(C)c1. The van der Waals surface area contributed by atoms with Gasteiger partial charge in [-0.3, -0.25) is 4.79 Å². The molecule has 1 rings (SSSR count). The first kappa shape index (κ1) is 11.3. The number of anilines is 1. The minimum Gasteiger partial charge on any atom is -0.507 e. The van der Waals surface area contributed by atoms with Crippen molar-refractivity contribution < 1.29 is 9.90 Å². The highest BCUT2D eigenvalue weighted by atomic mass is 16.3. The summed E-state index contributed by atoms with van der Waals surface area (Å²) in [5, 5.41) is 9.58. The van der Waals surface area contributed by atoms with Gasteiger partial charge < -0.3 is 10.0 Å². The van der Waals surface area contributed by atoms with Gasteiger partial charge in [0, 0.05) is 12.7 Å². The first-order valence-corrected chi connectivity index (χ1v) is 4.67. The van der Waals surface area contributed by atoms with Gasteiger partial charge in [-0.1, -0.05) is 6.58 Å². The number of hydrogen-bond acceptors (Lipinski definition) is 2. The van der Waals surface area contributed by atoms with Gasteiger partial charge in [0.2, 0.25) is 5.91 Å². The molecule has 0 spiro atoms. The standard InChI is InChI=1S/C12H15NO2/c1-5-11(14)13(4)10-6-8(2)12(15)9(3)7-10/h5-7,15H,1H2,2-4H3. The summed E-state index contributed by atoms with van der Waals surface area (Å²) in [6.07, 6.45) is 1.26. The molecule has 1 amide bonds. The van der Waals surface area contributed by atoms with Gasteiger partial charge in [-0.05, 0) is 43.2 Å². The smallest absolute Gasteiger partial charge is 0.250 e. The number of carbonyl (C=O) groups excluding carboxylic acids is 1. The number of aromatic hydroxyl groups is 1. The van der Waals surface area contributed by atoms with Crippen LogP contribution in [0.4, 0.5) is 5.69 Å². The first-order valence-electron chi connectivity index (χ1n) is 4.67. The van der Waals surface area contributed by atoms with Crippen LogP contribution in [0.3, 0.4) is 0 Å². The number of amides is 1. The van der Waals surface area contributed by atoms with Crippen LogP contribution in [-0.2, 0) is 4.79 Å². The number of benzene rings is 1. The Morgan fingerprint density at radius 3 is 2.27 bits per heavy atom. The zero-order valence-corrected chi connectivity index (χ0v) is 9.24. The predicted molar refractivity (Wildman–Crippen MR) is 61.2 cm³/mol. The highest BCUT2D eigenvalue weighted by Crippen LogP contribution is 2.27. The monoisotopic (exact) mass is 205 g/mol. The maximum Gasteiger partial charge on any atom is 0.250 e. The van der Waals surface area contributed by atoms with Crippen LogP contribution in [0.25, 0.3) is 0 Å². The number of hydrogen-bond donors (Lipinski definition) is 1. The Kier molecular flexibility index (Phi) is 3.14. The molecule has 0 saturated heterocycles. The third-order valence-corrected chi connectivity index (χ3v) is 2.37. The van der Waals surface area contributed by atoms with E-state index in [9.17, 15) is 9.90 Å². The summed E-state index contributed by atoms with van der Waals surface area (Å²) in [5.74, 6) is 0.109. The molecule has 0 aliphatic heterocycles. The van der Waals surface area contributed by atoms with Crippen molar-refractivity contribution in [2.24, 2.45) is 0 Å². The molecule has 0 aliphatic carbocycles. The summed E-state index contributed by atoms with van der Waals surface area (Å²) in [5.41, 5.74) is 2.27. The van der Waals surface area contributed by atoms with E-state index >= 15 is 0 Å². The summed E-state index contributed by atoms with van der Waals surface area (Å²) in [6.45, 7) is 7.04. The van der Waals surface area contributed by atoms with Crippen molar-refractivity contribution in [1.29, 1.82) is 0 Å². The normalized spacial score (nSPS) is 9.80. The maximum atomic E-state index is 11.4. The minimum atomic E-state index is -0.167. The van der Waals surface area contributed by atoms with Crippen molar-refractivity contribution in [3.63, 3.8) is 0 Å². The molecular weight excluding hydrogens is 190 g/mol. The van der Waals surface area contributed by atoms with Gasteiger partial charge in [0.05, 0.1) is 0 Å². The number of phenolic OH excluding ortho intramolecular Hbond substituents is 1. The number of phenols is 1. The van der Waals surface area contributed by atoms with Crippen molar-refractivity contribution in [2.45, 2.75) is 13.8 Å². The molecule has 1 N–H and O–H groups in total. The van der Waals surface area contributed by atoms with Crippen LogP contribution in [0.2, 0.25) is 0 Å². The Balaban J connectivity index is 3.16. The Hall–Kier alpha value is -1.77. The molecule has 0 unspecified atom stereocenters. The van der Waals surface area contributed by atoms with E-state index in [0.29, 0.717) is 0 Å². The van der Waals surface area contributed by atoms with Crippen LogP contribution >= 0.6 is 0 Å². The molecule has 1 aromatic rings. The Morgan fingerprint density at radius 2 is 1.87 bits per heavy atom. The summed E-state index contributed by atoms with van der Waals surface area (Å²) >= 11 is 0. The average Bonchev–Trinajstić information content (AvgIpc) is 2.23. The summed E-state index contributed by atoms with van der Waals surface area (Å²) in [6, 6.07) is 3.54.